The van der Waals surface area contributed by atoms with E-state index in [4.69, 9.17) is 14.2 Å². The summed E-state index contributed by atoms with van der Waals surface area (Å²) in [6, 6.07) is 0. The smallest absolute Gasteiger partial charge is 0.305 e. The maximum Gasteiger partial charge on any atom is 0.305 e. The lowest BCUT2D eigenvalue weighted by Crippen LogP contribution is -2.53. The Morgan fingerprint density at radius 2 is 0.583 bits per heavy atom. The van der Waals surface area contributed by atoms with Crippen molar-refractivity contribution in [1.82, 2.24) is 9.80 Å². The van der Waals surface area contributed by atoms with E-state index < -0.39 is 5.41 Å². The minimum atomic E-state index is -0.843. The molecule has 0 aromatic heterocycles. The van der Waals surface area contributed by atoms with Gasteiger partial charge in [-0.1, -0.05) is 211 Å². The van der Waals surface area contributed by atoms with E-state index in [1.54, 1.807) is 0 Å². The van der Waals surface area contributed by atoms with Crippen molar-refractivity contribution in [2.45, 2.75) is 290 Å². The summed E-state index contributed by atoms with van der Waals surface area (Å²) in [7, 11) is 2.13. The third-order valence-corrected chi connectivity index (χ3v) is 14.7. The van der Waals surface area contributed by atoms with Crippen molar-refractivity contribution in [2.24, 2.45) is 5.41 Å². The average Bonchev–Trinajstić information content (AvgIpc) is 3.38. The standard InChI is InChI=1S/C64H118N2O6/c1-5-8-11-14-17-20-23-26-29-32-35-38-41-44-47-50-61(67)70-58-64(57-66-55-53-65(4)54-56-66,59-71-62(68)51-48-45-42-39-36-33-30-27-24-21-18-15-12-9-6-2)60-72-63(69)52-49-46-43-40-37-34-31-28-25-22-19-16-13-10-7-3/h26-31H,5-25,32-60H2,1-4H3/b29-26-,30-27-,31-28-. The molecule has 0 bridgehead atoms. The normalized spacial score (nSPS) is 13.8. The molecule has 0 amide bonds. The monoisotopic (exact) mass is 1010 g/mol. The summed E-state index contributed by atoms with van der Waals surface area (Å²) in [6.07, 6.45) is 62.3. The van der Waals surface area contributed by atoms with E-state index in [-0.39, 0.29) is 37.7 Å². The quantitative estimate of drug-likeness (QED) is 0.0258. The molecule has 0 spiro atoms. The van der Waals surface area contributed by atoms with Crippen LogP contribution in [0.1, 0.15) is 290 Å². The van der Waals surface area contributed by atoms with Gasteiger partial charge in [0.2, 0.25) is 0 Å². The van der Waals surface area contributed by atoms with E-state index in [0.29, 0.717) is 25.8 Å². The predicted molar refractivity (Wildman–Crippen MR) is 308 cm³/mol. The van der Waals surface area contributed by atoms with Crippen molar-refractivity contribution in [1.29, 1.82) is 0 Å². The Morgan fingerprint density at radius 3 is 0.847 bits per heavy atom. The number of hydrogen-bond acceptors (Lipinski definition) is 8. The molecule has 0 aromatic rings. The highest BCUT2D eigenvalue weighted by Crippen LogP contribution is 2.25. The number of ether oxygens (including phenoxy) is 3. The van der Waals surface area contributed by atoms with Gasteiger partial charge in [-0.05, 0) is 103 Å². The molecule has 0 aromatic carbocycles. The fourth-order valence-electron chi connectivity index (χ4n) is 9.68. The summed E-state index contributed by atoms with van der Waals surface area (Å²) in [6.45, 7) is 11.1. The van der Waals surface area contributed by atoms with Gasteiger partial charge in [0, 0.05) is 52.0 Å². The van der Waals surface area contributed by atoms with Gasteiger partial charge in [0.05, 0.1) is 5.41 Å². The van der Waals surface area contributed by atoms with Crippen LogP contribution in [0.25, 0.3) is 0 Å². The summed E-state index contributed by atoms with van der Waals surface area (Å²) in [5.41, 5.74) is -0.843. The van der Waals surface area contributed by atoms with E-state index in [2.05, 4.69) is 74.1 Å². The summed E-state index contributed by atoms with van der Waals surface area (Å²) >= 11 is 0. The Kier molecular flexibility index (Phi) is 48.8. The SMILES string of the molecule is CCCCCCCC/C=C\CCCCCCCC(=O)OCC(COC(=O)CCCCCCC/C=C\CCCCCCCC)(COC(=O)CCCCCCC/C=C\CCCCCCCC)CN1CCN(C)CC1. The van der Waals surface area contributed by atoms with Crippen molar-refractivity contribution in [3.63, 3.8) is 0 Å². The zero-order valence-corrected chi connectivity index (χ0v) is 48.2. The van der Waals surface area contributed by atoms with Gasteiger partial charge in [-0.2, -0.15) is 0 Å². The molecule has 8 nitrogen and oxygen atoms in total. The molecule has 0 N–H and O–H groups in total. The molecule has 8 heteroatoms. The fraction of sp³-hybridized carbons (Fsp3) is 0.859. The largest absolute Gasteiger partial charge is 0.465 e. The van der Waals surface area contributed by atoms with Crippen LogP contribution in [0.2, 0.25) is 0 Å². The lowest BCUT2D eigenvalue weighted by Gasteiger charge is -2.40. The van der Waals surface area contributed by atoms with Gasteiger partial charge < -0.3 is 19.1 Å². The molecular formula is C64H118N2O6. The number of hydrogen-bond donors (Lipinski definition) is 0. The molecule has 0 unspecified atom stereocenters. The van der Waals surface area contributed by atoms with Crippen LogP contribution >= 0.6 is 0 Å². The number of rotatable bonds is 53. The second kappa shape index (κ2) is 52.0. The van der Waals surface area contributed by atoms with Crippen LogP contribution in [0.4, 0.5) is 0 Å². The Labute approximate surface area is 446 Å². The van der Waals surface area contributed by atoms with Crippen LogP contribution in [-0.4, -0.2) is 87.3 Å². The fourth-order valence-corrected chi connectivity index (χ4v) is 9.68. The van der Waals surface area contributed by atoms with Gasteiger partial charge in [-0.25, -0.2) is 0 Å². The summed E-state index contributed by atoms with van der Waals surface area (Å²) < 4.78 is 18.2. The molecule has 0 aliphatic carbocycles. The van der Waals surface area contributed by atoms with Crippen molar-refractivity contribution >= 4 is 17.9 Å². The van der Waals surface area contributed by atoms with Crippen LogP contribution in [0.5, 0.6) is 0 Å². The summed E-state index contributed by atoms with van der Waals surface area (Å²) in [5.74, 6) is -0.682. The van der Waals surface area contributed by atoms with Crippen LogP contribution in [0.15, 0.2) is 36.5 Å². The van der Waals surface area contributed by atoms with Gasteiger partial charge in [-0.15, -0.1) is 0 Å². The number of allylic oxidation sites excluding steroid dienone is 6. The molecule has 1 aliphatic rings. The maximum atomic E-state index is 13.3. The van der Waals surface area contributed by atoms with E-state index in [9.17, 15) is 14.4 Å². The highest BCUT2D eigenvalue weighted by Gasteiger charge is 2.38. The molecule has 420 valence electrons. The van der Waals surface area contributed by atoms with Gasteiger partial charge in [0.15, 0.2) is 0 Å². The maximum absolute atomic E-state index is 13.3. The molecular weight excluding hydrogens is 893 g/mol. The Balaban J connectivity index is 2.67. The highest BCUT2D eigenvalue weighted by molar-refractivity contribution is 5.70. The van der Waals surface area contributed by atoms with E-state index >= 15 is 0 Å². The second-order valence-electron chi connectivity index (χ2n) is 22.1. The zero-order chi connectivity index (χ0) is 52.1. The van der Waals surface area contributed by atoms with Crippen molar-refractivity contribution < 1.29 is 28.6 Å². The first kappa shape index (κ1) is 67.6. The van der Waals surface area contributed by atoms with Crippen LogP contribution in [-0.2, 0) is 28.6 Å². The van der Waals surface area contributed by atoms with Crippen LogP contribution < -0.4 is 0 Å². The van der Waals surface area contributed by atoms with Gasteiger partial charge in [0.1, 0.15) is 19.8 Å². The molecule has 1 saturated heterocycles. The van der Waals surface area contributed by atoms with Gasteiger partial charge in [-0.3, -0.25) is 19.3 Å². The number of carbonyl (C=O) groups is 3. The van der Waals surface area contributed by atoms with Crippen molar-refractivity contribution in [3.05, 3.63) is 36.5 Å². The van der Waals surface area contributed by atoms with E-state index in [1.807, 2.05) is 0 Å². The first-order chi connectivity index (χ1) is 35.3. The van der Waals surface area contributed by atoms with Crippen molar-refractivity contribution in [3.8, 4) is 0 Å². The minimum Gasteiger partial charge on any atom is -0.465 e. The lowest BCUT2D eigenvalue weighted by molar-refractivity contribution is -0.164. The van der Waals surface area contributed by atoms with Gasteiger partial charge in [0.25, 0.3) is 0 Å². The molecule has 0 saturated carbocycles. The number of nitrogens with zero attached hydrogens (tertiary/aromatic N) is 2. The molecule has 1 aliphatic heterocycles. The van der Waals surface area contributed by atoms with Gasteiger partial charge >= 0.3 is 17.9 Å². The molecule has 0 radical (unpaired) electrons. The number of carbonyl (C=O) groups excluding carboxylic acids is 3. The summed E-state index contributed by atoms with van der Waals surface area (Å²) in [4.78, 5) is 44.6. The third kappa shape index (κ3) is 45.0. The van der Waals surface area contributed by atoms with E-state index in [1.165, 1.54) is 173 Å². The molecule has 1 fully saturated rings. The average molecular weight is 1010 g/mol. The number of piperazine rings is 1. The second-order valence-corrected chi connectivity index (χ2v) is 22.1. The van der Waals surface area contributed by atoms with Crippen LogP contribution in [0.3, 0.4) is 0 Å². The summed E-state index contributed by atoms with van der Waals surface area (Å²) in [5, 5.41) is 0. The number of esters is 3. The molecule has 72 heavy (non-hydrogen) atoms. The van der Waals surface area contributed by atoms with Crippen molar-refractivity contribution in [2.75, 3.05) is 59.6 Å². The molecule has 1 rings (SSSR count). The molecule has 0 atom stereocenters. The Bertz CT molecular complexity index is 1170. The van der Waals surface area contributed by atoms with E-state index in [0.717, 1.165) is 103 Å². The Morgan fingerprint density at radius 1 is 0.347 bits per heavy atom. The van der Waals surface area contributed by atoms with Crippen LogP contribution in [0, 0.1) is 5.41 Å². The zero-order valence-electron chi connectivity index (χ0n) is 48.2. The number of likely N-dealkylation sites (N-methyl/N-ethyl adjacent to an activating group) is 1. The topological polar surface area (TPSA) is 85.4 Å². The minimum absolute atomic E-state index is 0.0601. The highest BCUT2D eigenvalue weighted by atomic mass is 16.6. The predicted octanol–water partition coefficient (Wildman–Crippen LogP) is 18.0. The molecule has 1 heterocycles. The first-order valence-corrected chi connectivity index (χ1v) is 31.2. The number of unbranched alkanes of at least 4 members (excludes halogenated alkanes) is 33. The lowest BCUT2D eigenvalue weighted by atomic mass is 9.89. The third-order valence-electron chi connectivity index (χ3n) is 14.7. The Hall–Kier alpha value is -2.45. The first-order valence-electron chi connectivity index (χ1n) is 31.2.